The van der Waals surface area contributed by atoms with E-state index in [0.29, 0.717) is 0 Å². The summed E-state index contributed by atoms with van der Waals surface area (Å²) in [5.74, 6) is -0.678. The van der Waals surface area contributed by atoms with Crippen molar-refractivity contribution in [3.05, 3.63) is 0 Å². The molecular formula is C7H10N2O4. The Hall–Kier alpha value is -1.43. The average Bonchev–Trinajstić information content (AvgIpc) is 2.36. The lowest BCUT2D eigenvalue weighted by atomic mass is 10.4. The van der Waals surface area contributed by atoms with Crippen LogP contribution in [-0.4, -0.2) is 49.4 Å². The first-order chi connectivity index (χ1) is 6.15. The largest absolute Gasteiger partial charge is 0.377 e. The van der Waals surface area contributed by atoms with Gasteiger partial charge in [-0.3, -0.25) is 14.5 Å². The van der Waals surface area contributed by atoms with Gasteiger partial charge in [0.05, 0.1) is 13.1 Å². The minimum atomic E-state index is -0.519. The molecular weight excluding hydrogens is 176 g/mol. The molecule has 0 bridgehead atoms. The van der Waals surface area contributed by atoms with E-state index >= 15 is 0 Å². The normalized spacial score (nSPS) is 16.2. The predicted octanol–water partition coefficient (Wildman–Crippen LogP) is -1.25. The zero-order valence-electron chi connectivity index (χ0n) is 7.20. The average molecular weight is 186 g/mol. The fraction of sp³-hybridized carbons (Fsp3) is 0.571. The number of nitrogens with one attached hydrogen (secondary N) is 1. The standard InChI is InChI=1S/C7H10N2O4/c1-13-4-5(10)3-9-6(11)2-8-7(9)12/h2-4H2,1H3,(H,8,12). The second-order valence-corrected chi connectivity index (χ2v) is 2.61. The van der Waals surface area contributed by atoms with Crippen molar-refractivity contribution in [3.63, 3.8) is 0 Å². The molecule has 0 unspecified atom stereocenters. The predicted molar refractivity (Wildman–Crippen MR) is 42.0 cm³/mol. The lowest BCUT2D eigenvalue weighted by Gasteiger charge is -2.09. The van der Waals surface area contributed by atoms with Crippen LogP contribution in [0.2, 0.25) is 0 Å². The van der Waals surface area contributed by atoms with Crippen molar-refractivity contribution in [2.45, 2.75) is 0 Å². The van der Waals surface area contributed by atoms with Crippen LogP contribution < -0.4 is 5.32 Å². The van der Waals surface area contributed by atoms with Gasteiger partial charge in [0, 0.05) is 7.11 Å². The van der Waals surface area contributed by atoms with Crippen molar-refractivity contribution in [3.8, 4) is 0 Å². The van der Waals surface area contributed by atoms with Gasteiger partial charge in [-0.2, -0.15) is 0 Å². The Balaban J connectivity index is 2.48. The van der Waals surface area contributed by atoms with Gasteiger partial charge < -0.3 is 10.1 Å². The van der Waals surface area contributed by atoms with E-state index in [1.54, 1.807) is 0 Å². The number of nitrogens with zero attached hydrogens (tertiary/aromatic N) is 1. The summed E-state index contributed by atoms with van der Waals surface area (Å²) in [5.41, 5.74) is 0. The molecule has 72 valence electrons. The van der Waals surface area contributed by atoms with E-state index in [1.807, 2.05) is 0 Å². The van der Waals surface area contributed by atoms with E-state index in [9.17, 15) is 14.4 Å². The Kier molecular flexibility index (Phi) is 2.97. The molecule has 0 aromatic carbocycles. The van der Waals surface area contributed by atoms with E-state index in [2.05, 4.69) is 10.1 Å². The number of imide groups is 1. The maximum Gasteiger partial charge on any atom is 0.325 e. The number of hydrogen-bond acceptors (Lipinski definition) is 4. The van der Waals surface area contributed by atoms with Crippen LogP contribution in [0, 0.1) is 0 Å². The van der Waals surface area contributed by atoms with Gasteiger partial charge in [-0.05, 0) is 0 Å². The summed E-state index contributed by atoms with van der Waals surface area (Å²) < 4.78 is 4.57. The molecule has 0 aromatic rings. The van der Waals surface area contributed by atoms with E-state index in [-0.39, 0.29) is 31.4 Å². The van der Waals surface area contributed by atoms with Crippen LogP contribution in [-0.2, 0) is 14.3 Å². The Labute approximate surface area is 74.8 Å². The van der Waals surface area contributed by atoms with E-state index in [1.165, 1.54) is 7.11 Å². The highest BCUT2D eigenvalue weighted by Crippen LogP contribution is 1.98. The summed E-state index contributed by atoms with van der Waals surface area (Å²) in [5, 5.41) is 2.31. The molecule has 13 heavy (non-hydrogen) atoms. The van der Waals surface area contributed by atoms with Crippen molar-refractivity contribution >= 4 is 17.7 Å². The number of carbonyl (C=O) groups is 3. The first-order valence-electron chi connectivity index (χ1n) is 3.74. The van der Waals surface area contributed by atoms with Gasteiger partial charge in [0.25, 0.3) is 0 Å². The fourth-order valence-electron chi connectivity index (χ4n) is 0.998. The second kappa shape index (κ2) is 3.99. The highest BCUT2D eigenvalue weighted by atomic mass is 16.5. The summed E-state index contributed by atoms with van der Waals surface area (Å²) in [6.07, 6.45) is 0. The molecule has 1 fully saturated rings. The second-order valence-electron chi connectivity index (χ2n) is 2.61. The molecule has 0 aliphatic carbocycles. The first-order valence-corrected chi connectivity index (χ1v) is 3.74. The molecule has 1 rings (SSSR count). The zero-order chi connectivity index (χ0) is 9.84. The minimum absolute atomic E-state index is 0.0287. The SMILES string of the molecule is COCC(=O)CN1C(=O)CNC1=O. The number of carbonyl (C=O) groups excluding carboxylic acids is 3. The molecule has 0 saturated carbocycles. The molecule has 1 aliphatic rings. The monoisotopic (exact) mass is 186 g/mol. The van der Waals surface area contributed by atoms with Gasteiger partial charge in [0.1, 0.15) is 6.61 Å². The molecule has 0 radical (unpaired) electrons. The summed E-state index contributed by atoms with van der Waals surface area (Å²) in [7, 11) is 1.38. The lowest BCUT2D eigenvalue weighted by Crippen LogP contribution is -2.36. The van der Waals surface area contributed by atoms with Crippen LogP contribution >= 0.6 is 0 Å². The minimum Gasteiger partial charge on any atom is -0.377 e. The molecule has 0 spiro atoms. The molecule has 6 heteroatoms. The Morgan fingerprint density at radius 1 is 1.62 bits per heavy atom. The third-order valence-electron chi connectivity index (χ3n) is 1.58. The Bertz CT molecular complexity index is 235. The van der Waals surface area contributed by atoms with Gasteiger partial charge in [-0.25, -0.2) is 4.79 Å². The topological polar surface area (TPSA) is 75.7 Å². The molecule has 0 aromatic heterocycles. The molecule has 1 saturated heterocycles. The van der Waals surface area contributed by atoms with Gasteiger partial charge in [-0.15, -0.1) is 0 Å². The summed E-state index contributed by atoms with van der Waals surface area (Å²) in [4.78, 5) is 33.8. The van der Waals surface area contributed by atoms with E-state index in [4.69, 9.17) is 0 Å². The first kappa shape index (κ1) is 9.66. The van der Waals surface area contributed by atoms with Gasteiger partial charge in [0.15, 0.2) is 5.78 Å². The van der Waals surface area contributed by atoms with Crippen molar-refractivity contribution in [1.82, 2.24) is 10.2 Å². The van der Waals surface area contributed by atoms with E-state index in [0.717, 1.165) is 4.90 Å². The summed E-state index contributed by atoms with van der Waals surface area (Å²) >= 11 is 0. The maximum absolute atomic E-state index is 11.0. The highest BCUT2D eigenvalue weighted by molar-refractivity contribution is 6.04. The van der Waals surface area contributed by atoms with Gasteiger partial charge >= 0.3 is 6.03 Å². The maximum atomic E-state index is 11.0. The number of amides is 3. The van der Waals surface area contributed by atoms with E-state index < -0.39 is 6.03 Å². The highest BCUT2D eigenvalue weighted by Gasteiger charge is 2.29. The van der Waals surface area contributed by atoms with Crippen LogP contribution in [0.3, 0.4) is 0 Å². The van der Waals surface area contributed by atoms with Crippen molar-refractivity contribution in [2.24, 2.45) is 0 Å². The quantitative estimate of drug-likeness (QED) is 0.557. The molecule has 3 amide bonds. The van der Waals surface area contributed by atoms with Crippen LogP contribution in [0.1, 0.15) is 0 Å². The van der Waals surface area contributed by atoms with Crippen molar-refractivity contribution in [1.29, 1.82) is 0 Å². The van der Waals surface area contributed by atoms with Crippen LogP contribution in [0.15, 0.2) is 0 Å². The van der Waals surface area contributed by atoms with Gasteiger partial charge in [-0.1, -0.05) is 0 Å². The third-order valence-corrected chi connectivity index (χ3v) is 1.58. The number of Topliss-reactive ketones (excluding diaryl/α,β-unsaturated/α-hetero) is 1. The zero-order valence-corrected chi connectivity index (χ0v) is 7.20. The number of rotatable bonds is 4. The lowest BCUT2D eigenvalue weighted by molar-refractivity contribution is -0.131. The van der Waals surface area contributed by atoms with Crippen molar-refractivity contribution < 1.29 is 19.1 Å². The molecule has 1 N–H and O–H groups in total. The van der Waals surface area contributed by atoms with Crippen LogP contribution in [0.5, 0.6) is 0 Å². The number of urea groups is 1. The molecule has 1 heterocycles. The number of methoxy groups -OCH3 is 1. The fourth-order valence-corrected chi connectivity index (χ4v) is 0.998. The smallest absolute Gasteiger partial charge is 0.325 e. The number of ketones is 1. The molecule has 1 aliphatic heterocycles. The summed E-state index contributed by atoms with van der Waals surface area (Å²) in [6, 6.07) is -0.519. The number of hydrogen-bond donors (Lipinski definition) is 1. The molecule has 0 atom stereocenters. The van der Waals surface area contributed by atoms with Crippen LogP contribution in [0.25, 0.3) is 0 Å². The Morgan fingerprint density at radius 3 is 2.77 bits per heavy atom. The van der Waals surface area contributed by atoms with Crippen molar-refractivity contribution in [2.75, 3.05) is 26.8 Å². The third kappa shape index (κ3) is 2.25. The van der Waals surface area contributed by atoms with Gasteiger partial charge in [0.2, 0.25) is 5.91 Å². The number of ether oxygens (including phenoxy) is 1. The summed E-state index contributed by atoms with van der Waals surface area (Å²) in [6.45, 7) is -0.325. The Morgan fingerprint density at radius 2 is 2.31 bits per heavy atom. The van der Waals surface area contributed by atoms with Crippen LogP contribution in [0.4, 0.5) is 4.79 Å². The molecule has 6 nitrogen and oxygen atoms in total.